The van der Waals surface area contributed by atoms with Crippen molar-refractivity contribution in [3.8, 4) is 17.1 Å². The molecule has 2 aromatic heterocycles. The number of ether oxygens (including phenoxy) is 2. The highest BCUT2D eigenvalue weighted by molar-refractivity contribution is 7.89. The van der Waals surface area contributed by atoms with Crippen LogP contribution >= 0.6 is 0 Å². The summed E-state index contributed by atoms with van der Waals surface area (Å²) in [4.78, 5) is 20.5. The van der Waals surface area contributed by atoms with Crippen molar-refractivity contribution >= 4 is 16.0 Å². The number of methoxy groups -OCH3 is 1. The van der Waals surface area contributed by atoms with Crippen LogP contribution in [0.3, 0.4) is 0 Å². The van der Waals surface area contributed by atoms with E-state index in [9.17, 15) is 13.2 Å². The van der Waals surface area contributed by atoms with E-state index in [2.05, 4.69) is 15.1 Å². The number of aromatic nitrogens is 3. The first-order chi connectivity index (χ1) is 14.9. The topological polar surface area (TPSA) is 125 Å². The molecule has 2 heterocycles. The molecule has 0 aliphatic carbocycles. The van der Waals surface area contributed by atoms with Crippen molar-refractivity contribution in [2.45, 2.75) is 25.3 Å². The predicted molar refractivity (Wildman–Crippen MR) is 110 cm³/mol. The van der Waals surface area contributed by atoms with Gasteiger partial charge in [-0.05, 0) is 30.3 Å². The van der Waals surface area contributed by atoms with Crippen LogP contribution in [0.4, 0.5) is 0 Å². The number of esters is 1. The molecule has 0 saturated heterocycles. The Morgan fingerprint density at radius 1 is 1.19 bits per heavy atom. The lowest BCUT2D eigenvalue weighted by molar-refractivity contribution is 0.0429. The quantitative estimate of drug-likeness (QED) is 0.456. The van der Waals surface area contributed by atoms with Crippen molar-refractivity contribution in [2.24, 2.45) is 0 Å². The molecule has 31 heavy (non-hydrogen) atoms. The first kappa shape index (κ1) is 22.4. The van der Waals surface area contributed by atoms with Crippen molar-refractivity contribution in [3.05, 3.63) is 54.2 Å². The lowest BCUT2D eigenvalue weighted by Crippen LogP contribution is -2.31. The van der Waals surface area contributed by atoms with E-state index in [0.29, 0.717) is 11.4 Å². The molecule has 0 aliphatic heterocycles. The molecule has 0 amide bonds. The van der Waals surface area contributed by atoms with Gasteiger partial charge in [0.2, 0.25) is 15.8 Å². The number of carbonyl (C=O) groups excluding carboxylic acids is 1. The van der Waals surface area contributed by atoms with Crippen molar-refractivity contribution in [1.29, 1.82) is 0 Å². The van der Waals surface area contributed by atoms with Gasteiger partial charge in [0.05, 0.1) is 12.7 Å². The van der Waals surface area contributed by atoms with Crippen molar-refractivity contribution in [1.82, 2.24) is 19.4 Å². The molecule has 0 unspecified atom stereocenters. The van der Waals surface area contributed by atoms with Crippen LogP contribution in [0.2, 0.25) is 0 Å². The highest BCUT2D eigenvalue weighted by Gasteiger charge is 2.27. The second-order valence-electron chi connectivity index (χ2n) is 6.28. The molecule has 0 spiro atoms. The summed E-state index contributed by atoms with van der Waals surface area (Å²) in [5, 5.41) is 3.83. The van der Waals surface area contributed by atoms with E-state index < -0.39 is 16.0 Å². The highest BCUT2D eigenvalue weighted by atomic mass is 32.2. The molecule has 11 heteroatoms. The van der Waals surface area contributed by atoms with E-state index >= 15 is 0 Å². The third-order valence-corrected chi connectivity index (χ3v) is 6.51. The number of carbonyl (C=O) groups is 1. The van der Waals surface area contributed by atoms with Gasteiger partial charge in [0.15, 0.2) is 6.61 Å². The first-order valence-corrected chi connectivity index (χ1v) is 10.9. The van der Waals surface area contributed by atoms with Crippen LogP contribution in [-0.4, -0.2) is 54.0 Å². The second kappa shape index (κ2) is 9.67. The normalized spacial score (nSPS) is 11.5. The summed E-state index contributed by atoms with van der Waals surface area (Å²) >= 11 is 0. The smallest absolute Gasteiger partial charge is 0.338 e. The van der Waals surface area contributed by atoms with E-state index in [-0.39, 0.29) is 41.8 Å². The Labute approximate surface area is 179 Å². The van der Waals surface area contributed by atoms with Gasteiger partial charge in [0, 0.05) is 31.0 Å². The largest absolute Gasteiger partial charge is 0.495 e. The summed E-state index contributed by atoms with van der Waals surface area (Å²) in [6, 6.07) is 7.59. The third kappa shape index (κ3) is 4.89. The van der Waals surface area contributed by atoms with Crippen LogP contribution in [0.1, 0.15) is 30.1 Å². The van der Waals surface area contributed by atoms with E-state index in [0.717, 1.165) is 0 Å². The first-order valence-electron chi connectivity index (χ1n) is 9.49. The third-order valence-electron chi connectivity index (χ3n) is 4.44. The van der Waals surface area contributed by atoms with E-state index in [1.165, 1.54) is 29.6 Å². The van der Waals surface area contributed by atoms with Crippen LogP contribution in [0.15, 0.2) is 52.1 Å². The number of rotatable bonds is 9. The molecule has 0 radical (unpaired) electrons. The fourth-order valence-electron chi connectivity index (χ4n) is 2.84. The van der Waals surface area contributed by atoms with Gasteiger partial charge in [-0.15, -0.1) is 0 Å². The maximum absolute atomic E-state index is 12.9. The molecule has 0 bridgehead atoms. The standard InChI is InChI=1S/C20H22N4O6S/c1-4-24(5-2)31(26,27)17-11-14(8-9-16(17)28-3)20(25)29-13-18-22-19(23-30-18)15-7-6-10-21-12-15/h6-12H,4-5,13H2,1-3H3. The lowest BCUT2D eigenvalue weighted by Gasteiger charge is -2.20. The highest BCUT2D eigenvalue weighted by Crippen LogP contribution is 2.28. The van der Waals surface area contributed by atoms with Crippen LogP contribution < -0.4 is 4.74 Å². The van der Waals surface area contributed by atoms with Crippen LogP contribution in [0.25, 0.3) is 11.4 Å². The maximum Gasteiger partial charge on any atom is 0.338 e. The fourth-order valence-corrected chi connectivity index (χ4v) is 4.48. The minimum absolute atomic E-state index is 0.0542. The Balaban J connectivity index is 1.77. The minimum atomic E-state index is -3.84. The number of benzene rings is 1. The summed E-state index contributed by atoms with van der Waals surface area (Å²) in [5.74, 6) is -0.186. The maximum atomic E-state index is 12.9. The van der Waals surface area contributed by atoms with Gasteiger partial charge in [-0.25, -0.2) is 13.2 Å². The summed E-state index contributed by atoms with van der Waals surface area (Å²) < 4.78 is 42.6. The molecular weight excluding hydrogens is 424 g/mol. The van der Waals surface area contributed by atoms with Gasteiger partial charge >= 0.3 is 5.97 Å². The van der Waals surface area contributed by atoms with Crippen LogP contribution in [0.5, 0.6) is 5.75 Å². The molecule has 0 saturated carbocycles. The number of nitrogens with zero attached hydrogens (tertiary/aromatic N) is 4. The summed E-state index contributed by atoms with van der Waals surface area (Å²) in [5.41, 5.74) is 0.712. The molecule has 0 aliphatic rings. The lowest BCUT2D eigenvalue weighted by atomic mass is 10.2. The molecule has 164 valence electrons. The molecule has 10 nitrogen and oxygen atoms in total. The molecule has 3 aromatic rings. The molecule has 0 N–H and O–H groups in total. The number of hydrogen-bond acceptors (Lipinski definition) is 9. The predicted octanol–water partition coefficient (Wildman–Crippen LogP) is 2.53. The van der Waals surface area contributed by atoms with Gasteiger partial charge in [-0.1, -0.05) is 19.0 Å². The monoisotopic (exact) mass is 446 g/mol. The summed E-state index contributed by atoms with van der Waals surface area (Å²) in [7, 11) is -2.48. The Kier molecular flexibility index (Phi) is 6.98. The number of pyridine rings is 1. The van der Waals surface area contributed by atoms with Gasteiger partial charge in [-0.2, -0.15) is 9.29 Å². The van der Waals surface area contributed by atoms with E-state index in [4.69, 9.17) is 14.0 Å². The Morgan fingerprint density at radius 3 is 2.61 bits per heavy atom. The number of sulfonamides is 1. The van der Waals surface area contributed by atoms with Crippen LogP contribution in [0, 0.1) is 0 Å². The average molecular weight is 446 g/mol. The molecule has 1 aromatic carbocycles. The Bertz CT molecular complexity index is 1140. The molecular formula is C20H22N4O6S. The minimum Gasteiger partial charge on any atom is -0.495 e. The fraction of sp³-hybridized carbons (Fsp3) is 0.300. The van der Waals surface area contributed by atoms with Gasteiger partial charge in [0.25, 0.3) is 5.89 Å². The van der Waals surface area contributed by atoms with Crippen molar-refractivity contribution in [3.63, 3.8) is 0 Å². The van der Waals surface area contributed by atoms with Crippen molar-refractivity contribution in [2.75, 3.05) is 20.2 Å². The van der Waals surface area contributed by atoms with E-state index in [1.54, 1.807) is 38.4 Å². The zero-order valence-electron chi connectivity index (χ0n) is 17.3. The van der Waals surface area contributed by atoms with Gasteiger partial charge < -0.3 is 14.0 Å². The Hall–Kier alpha value is -3.31. The molecule has 3 rings (SSSR count). The SMILES string of the molecule is CCN(CC)S(=O)(=O)c1cc(C(=O)OCc2nc(-c3cccnc3)no2)ccc1OC. The zero-order chi connectivity index (χ0) is 22.4. The van der Waals surface area contributed by atoms with Gasteiger partial charge in [0.1, 0.15) is 10.6 Å². The second-order valence-corrected chi connectivity index (χ2v) is 8.19. The molecule has 0 atom stereocenters. The Morgan fingerprint density at radius 2 is 1.97 bits per heavy atom. The van der Waals surface area contributed by atoms with E-state index in [1.807, 2.05) is 0 Å². The zero-order valence-corrected chi connectivity index (χ0v) is 18.1. The average Bonchev–Trinajstić information content (AvgIpc) is 3.27. The summed E-state index contributed by atoms with van der Waals surface area (Å²) in [6.07, 6.45) is 3.20. The van der Waals surface area contributed by atoms with Crippen molar-refractivity contribution < 1.29 is 27.2 Å². The summed E-state index contributed by atoms with van der Waals surface area (Å²) in [6.45, 7) is 3.77. The van der Waals surface area contributed by atoms with Crippen LogP contribution in [-0.2, 0) is 21.4 Å². The number of hydrogen-bond donors (Lipinski definition) is 0. The molecule has 0 fully saturated rings. The van der Waals surface area contributed by atoms with Gasteiger partial charge in [-0.3, -0.25) is 4.98 Å².